The average Bonchev–Trinajstić information content (AvgIpc) is 2.88. The van der Waals surface area contributed by atoms with Gasteiger partial charge >= 0.3 is 0 Å². The fourth-order valence-electron chi connectivity index (χ4n) is 1.91. The molecule has 0 saturated heterocycles. The minimum atomic E-state index is -0.416. The molecule has 3 rings (SSSR count). The minimum Gasteiger partial charge on any atom is -0.277 e. The third-order valence-electron chi connectivity index (χ3n) is 2.90. The van der Waals surface area contributed by atoms with Crippen molar-refractivity contribution < 1.29 is 4.92 Å². The second kappa shape index (κ2) is 4.93. The Morgan fingerprint density at radius 1 is 1.25 bits per heavy atom. The number of nitro groups is 1. The molecular formula is C14H10N4O2. The van der Waals surface area contributed by atoms with Crippen molar-refractivity contribution in [2.75, 3.05) is 0 Å². The minimum absolute atomic E-state index is 0.0509. The quantitative estimate of drug-likeness (QED) is 0.583. The van der Waals surface area contributed by atoms with Gasteiger partial charge in [-0.3, -0.25) is 20.2 Å². The van der Waals surface area contributed by atoms with Gasteiger partial charge in [-0.05, 0) is 23.8 Å². The van der Waals surface area contributed by atoms with Crippen molar-refractivity contribution >= 4 is 28.7 Å². The van der Waals surface area contributed by atoms with E-state index in [2.05, 4.69) is 15.2 Å². The van der Waals surface area contributed by atoms with Crippen LogP contribution in [0.15, 0.2) is 42.7 Å². The molecule has 6 nitrogen and oxygen atoms in total. The van der Waals surface area contributed by atoms with Crippen molar-refractivity contribution in [2.45, 2.75) is 0 Å². The Labute approximate surface area is 113 Å². The summed E-state index contributed by atoms with van der Waals surface area (Å²) in [5.74, 6) is 0. The van der Waals surface area contributed by atoms with Crippen LogP contribution < -0.4 is 0 Å². The van der Waals surface area contributed by atoms with Gasteiger partial charge in [0.25, 0.3) is 5.69 Å². The fourth-order valence-corrected chi connectivity index (χ4v) is 1.91. The van der Waals surface area contributed by atoms with E-state index < -0.39 is 4.92 Å². The number of nitrogens with one attached hydrogen (secondary N) is 1. The second-order valence-corrected chi connectivity index (χ2v) is 4.22. The van der Waals surface area contributed by atoms with E-state index >= 15 is 0 Å². The van der Waals surface area contributed by atoms with E-state index in [0.29, 0.717) is 5.69 Å². The molecule has 2 aromatic heterocycles. The van der Waals surface area contributed by atoms with E-state index in [-0.39, 0.29) is 5.69 Å². The van der Waals surface area contributed by atoms with E-state index in [4.69, 9.17) is 0 Å². The summed E-state index contributed by atoms with van der Waals surface area (Å²) in [5, 5.41) is 18.5. The number of pyridine rings is 1. The highest BCUT2D eigenvalue weighted by Gasteiger charge is 2.09. The highest BCUT2D eigenvalue weighted by Crippen LogP contribution is 2.23. The molecule has 1 N–H and O–H groups in total. The SMILES string of the molecule is O=[N+]([O-])c1ccc2[nH]nc(/C=C/c3cccnc3)c2c1. The Balaban J connectivity index is 2.01. The lowest BCUT2D eigenvalue weighted by atomic mass is 10.1. The van der Waals surface area contributed by atoms with Gasteiger partial charge in [-0.15, -0.1) is 0 Å². The Morgan fingerprint density at radius 2 is 2.15 bits per heavy atom. The predicted octanol–water partition coefficient (Wildman–Crippen LogP) is 3.04. The van der Waals surface area contributed by atoms with Crippen molar-refractivity contribution in [2.24, 2.45) is 0 Å². The predicted molar refractivity (Wildman–Crippen MR) is 75.9 cm³/mol. The molecule has 1 aromatic carbocycles. The van der Waals surface area contributed by atoms with Crippen molar-refractivity contribution in [3.05, 3.63) is 64.1 Å². The summed E-state index contributed by atoms with van der Waals surface area (Å²) >= 11 is 0. The van der Waals surface area contributed by atoms with Gasteiger partial charge < -0.3 is 0 Å². The molecule has 0 radical (unpaired) electrons. The van der Waals surface area contributed by atoms with E-state index in [0.717, 1.165) is 16.5 Å². The van der Waals surface area contributed by atoms with Gasteiger partial charge in [0.15, 0.2) is 0 Å². The van der Waals surface area contributed by atoms with E-state index in [1.807, 2.05) is 18.2 Å². The number of fused-ring (bicyclic) bond motifs is 1. The molecule has 98 valence electrons. The van der Waals surface area contributed by atoms with Gasteiger partial charge in [0, 0.05) is 29.9 Å². The number of nitro benzene ring substituents is 1. The van der Waals surface area contributed by atoms with Crippen LogP contribution in [0.3, 0.4) is 0 Å². The highest BCUT2D eigenvalue weighted by molar-refractivity contribution is 5.90. The summed E-state index contributed by atoms with van der Waals surface area (Å²) in [4.78, 5) is 14.4. The summed E-state index contributed by atoms with van der Waals surface area (Å²) in [6.07, 6.45) is 7.10. The third-order valence-corrected chi connectivity index (χ3v) is 2.90. The Morgan fingerprint density at radius 3 is 2.90 bits per heavy atom. The van der Waals surface area contributed by atoms with E-state index in [1.54, 1.807) is 24.5 Å². The van der Waals surface area contributed by atoms with Crippen LogP contribution >= 0.6 is 0 Å². The molecule has 0 amide bonds. The molecule has 0 fully saturated rings. The number of aromatic amines is 1. The van der Waals surface area contributed by atoms with Crippen LogP contribution in [0.1, 0.15) is 11.3 Å². The van der Waals surface area contributed by atoms with Crippen molar-refractivity contribution in [1.29, 1.82) is 0 Å². The Bertz CT molecular complexity index is 793. The molecule has 0 spiro atoms. The van der Waals surface area contributed by atoms with Crippen LogP contribution in [-0.4, -0.2) is 20.1 Å². The maximum atomic E-state index is 10.8. The van der Waals surface area contributed by atoms with Crippen LogP contribution in [0.5, 0.6) is 0 Å². The molecule has 0 aliphatic rings. The van der Waals surface area contributed by atoms with Crippen LogP contribution in [0.2, 0.25) is 0 Å². The largest absolute Gasteiger partial charge is 0.277 e. The second-order valence-electron chi connectivity index (χ2n) is 4.22. The van der Waals surface area contributed by atoms with Crippen LogP contribution in [0.4, 0.5) is 5.69 Å². The molecule has 0 unspecified atom stereocenters. The number of hydrogen-bond donors (Lipinski definition) is 1. The molecule has 6 heteroatoms. The number of rotatable bonds is 3. The van der Waals surface area contributed by atoms with Crippen LogP contribution in [-0.2, 0) is 0 Å². The molecule has 20 heavy (non-hydrogen) atoms. The molecule has 0 aliphatic carbocycles. The standard InChI is InChI=1S/C14H10N4O2/c19-18(20)11-4-6-14-12(8-11)13(16-17-14)5-3-10-2-1-7-15-9-10/h1-9H,(H,16,17)/b5-3+. The Kier molecular flexibility index (Phi) is 2.96. The lowest BCUT2D eigenvalue weighted by Gasteiger charge is -1.93. The fraction of sp³-hybridized carbons (Fsp3) is 0. The Hall–Kier alpha value is -3.02. The molecular weight excluding hydrogens is 256 g/mol. The number of hydrogen-bond acceptors (Lipinski definition) is 4. The maximum absolute atomic E-state index is 10.8. The van der Waals surface area contributed by atoms with Crippen LogP contribution in [0, 0.1) is 10.1 Å². The zero-order valence-electron chi connectivity index (χ0n) is 10.4. The molecule has 0 saturated carbocycles. The average molecular weight is 266 g/mol. The van der Waals surface area contributed by atoms with Gasteiger partial charge in [0.05, 0.1) is 16.1 Å². The van der Waals surface area contributed by atoms with Crippen molar-refractivity contribution in [3.8, 4) is 0 Å². The topological polar surface area (TPSA) is 84.7 Å². The molecule has 0 atom stereocenters. The molecule has 2 heterocycles. The van der Waals surface area contributed by atoms with E-state index in [1.165, 1.54) is 12.1 Å². The van der Waals surface area contributed by atoms with Crippen LogP contribution in [0.25, 0.3) is 23.1 Å². The zero-order valence-corrected chi connectivity index (χ0v) is 10.4. The number of nitrogens with zero attached hydrogens (tertiary/aromatic N) is 3. The molecule has 0 bridgehead atoms. The summed E-state index contributed by atoms with van der Waals surface area (Å²) in [7, 11) is 0. The highest BCUT2D eigenvalue weighted by atomic mass is 16.6. The molecule has 3 aromatic rings. The number of H-pyrrole nitrogens is 1. The van der Waals surface area contributed by atoms with Gasteiger partial charge in [-0.1, -0.05) is 12.1 Å². The first-order valence-electron chi connectivity index (χ1n) is 5.95. The number of benzene rings is 1. The van der Waals surface area contributed by atoms with Gasteiger partial charge in [0.2, 0.25) is 0 Å². The number of aromatic nitrogens is 3. The smallest absolute Gasteiger partial charge is 0.270 e. The van der Waals surface area contributed by atoms with Crippen molar-refractivity contribution in [3.63, 3.8) is 0 Å². The normalized spacial score (nSPS) is 11.2. The first-order chi connectivity index (χ1) is 9.74. The zero-order chi connectivity index (χ0) is 13.9. The summed E-state index contributed by atoms with van der Waals surface area (Å²) < 4.78 is 0. The van der Waals surface area contributed by atoms with E-state index in [9.17, 15) is 10.1 Å². The lowest BCUT2D eigenvalue weighted by Crippen LogP contribution is -1.86. The van der Waals surface area contributed by atoms with Gasteiger partial charge in [-0.2, -0.15) is 5.10 Å². The van der Waals surface area contributed by atoms with Gasteiger partial charge in [-0.25, -0.2) is 0 Å². The van der Waals surface area contributed by atoms with Crippen molar-refractivity contribution in [1.82, 2.24) is 15.2 Å². The molecule has 0 aliphatic heterocycles. The first kappa shape index (κ1) is 12.0. The van der Waals surface area contributed by atoms with Gasteiger partial charge in [0.1, 0.15) is 0 Å². The lowest BCUT2D eigenvalue weighted by molar-refractivity contribution is -0.384. The third kappa shape index (κ3) is 2.26. The monoisotopic (exact) mass is 266 g/mol. The summed E-state index contributed by atoms with van der Waals surface area (Å²) in [6.45, 7) is 0. The maximum Gasteiger partial charge on any atom is 0.270 e. The number of non-ortho nitro benzene ring substituents is 1. The summed E-state index contributed by atoms with van der Waals surface area (Å²) in [6, 6.07) is 8.38. The first-order valence-corrected chi connectivity index (χ1v) is 5.95. The summed E-state index contributed by atoms with van der Waals surface area (Å²) in [5.41, 5.74) is 2.41.